The Balaban J connectivity index is 1.84. The highest BCUT2D eigenvalue weighted by molar-refractivity contribution is 5.86. The molecule has 8 heteroatoms. The summed E-state index contributed by atoms with van der Waals surface area (Å²) < 4.78 is 5.72. The summed E-state index contributed by atoms with van der Waals surface area (Å²) in [7, 11) is 1.94. The summed E-state index contributed by atoms with van der Waals surface area (Å²) >= 11 is 0. The number of nitrogens with zero attached hydrogens (tertiary/aromatic N) is 5. The average Bonchev–Trinajstić information content (AvgIpc) is 3.04. The number of oxazole rings is 1. The van der Waals surface area contributed by atoms with Crippen LogP contribution in [0.3, 0.4) is 0 Å². The molecule has 1 aliphatic heterocycles. The van der Waals surface area contributed by atoms with E-state index < -0.39 is 0 Å². The highest BCUT2D eigenvalue weighted by Gasteiger charge is 2.21. The molecule has 1 aliphatic rings. The number of hydrogen-bond acceptors (Lipinski definition) is 5. The maximum atomic E-state index is 12.4. The lowest BCUT2D eigenvalue weighted by atomic mass is 9.97. The van der Waals surface area contributed by atoms with Crippen LogP contribution in [0, 0.1) is 19.8 Å². The largest absolute Gasteiger partial charge is 0.444 e. The number of aromatic nitrogens is 1. The van der Waals surface area contributed by atoms with E-state index in [1.165, 1.54) is 0 Å². The van der Waals surface area contributed by atoms with E-state index in [1.54, 1.807) is 0 Å². The zero-order valence-electron chi connectivity index (χ0n) is 19.7. The van der Waals surface area contributed by atoms with Crippen LogP contribution in [0.4, 0.5) is 0 Å². The number of aryl methyl sites for hydroxylation is 2. The van der Waals surface area contributed by atoms with Crippen LogP contribution < -0.4 is 5.32 Å². The van der Waals surface area contributed by atoms with Crippen molar-refractivity contribution in [3.05, 3.63) is 17.3 Å². The van der Waals surface area contributed by atoms with Crippen LogP contribution in [0.1, 0.15) is 51.0 Å². The molecule has 1 aromatic rings. The van der Waals surface area contributed by atoms with Gasteiger partial charge in [0, 0.05) is 33.2 Å². The maximum Gasteiger partial charge on any atom is 0.242 e. The summed E-state index contributed by atoms with van der Waals surface area (Å²) in [5.41, 5.74) is 0.980. The molecule has 0 spiro atoms. The van der Waals surface area contributed by atoms with Gasteiger partial charge in [-0.1, -0.05) is 0 Å². The molecule has 1 saturated heterocycles. The molecular weight excluding hydrogens is 380 g/mol. The van der Waals surface area contributed by atoms with Gasteiger partial charge in [0.1, 0.15) is 5.76 Å². The van der Waals surface area contributed by atoms with Gasteiger partial charge in [0.25, 0.3) is 0 Å². The Kier molecular flexibility index (Phi) is 9.62. The summed E-state index contributed by atoms with van der Waals surface area (Å²) in [6.45, 7) is 16.3. The summed E-state index contributed by atoms with van der Waals surface area (Å²) in [6.07, 6.45) is 2.23. The highest BCUT2D eigenvalue weighted by Crippen LogP contribution is 2.20. The van der Waals surface area contributed by atoms with Gasteiger partial charge < -0.3 is 19.5 Å². The third-order valence-electron chi connectivity index (χ3n) is 5.82. The Morgan fingerprint density at radius 3 is 2.43 bits per heavy atom. The molecular formula is C22H40N6O2. The predicted molar refractivity (Wildman–Crippen MR) is 121 cm³/mol. The number of rotatable bonds is 9. The zero-order chi connectivity index (χ0) is 22.1. The molecule has 8 nitrogen and oxygen atoms in total. The molecule has 0 aromatic carbocycles. The second-order valence-electron chi connectivity index (χ2n) is 8.09. The molecule has 2 heterocycles. The van der Waals surface area contributed by atoms with Crippen LogP contribution in [0.5, 0.6) is 0 Å². The van der Waals surface area contributed by atoms with Crippen molar-refractivity contribution in [2.24, 2.45) is 10.9 Å². The van der Waals surface area contributed by atoms with E-state index in [0.717, 1.165) is 82.0 Å². The molecule has 0 unspecified atom stereocenters. The highest BCUT2D eigenvalue weighted by atomic mass is 16.4. The van der Waals surface area contributed by atoms with Gasteiger partial charge in [-0.25, -0.2) is 4.98 Å². The molecule has 170 valence electrons. The summed E-state index contributed by atoms with van der Waals surface area (Å²) in [5.74, 6) is 3.24. The van der Waals surface area contributed by atoms with E-state index in [1.807, 2.05) is 44.5 Å². The number of amides is 1. The van der Waals surface area contributed by atoms with Crippen molar-refractivity contribution in [3.8, 4) is 0 Å². The van der Waals surface area contributed by atoms with Gasteiger partial charge in [-0.2, -0.15) is 0 Å². The van der Waals surface area contributed by atoms with Crippen LogP contribution in [0.15, 0.2) is 9.41 Å². The third kappa shape index (κ3) is 7.00. The Hall–Kier alpha value is -2.09. The van der Waals surface area contributed by atoms with Crippen LogP contribution in [-0.4, -0.2) is 84.4 Å². The first-order valence-corrected chi connectivity index (χ1v) is 11.3. The quantitative estimate of drug-likeness (QED) is 0.488. The number of carbonyl (C=O) groups excluding carboxylic acids is 1. The Morgan fingerprint density at radius 1 is 1.23 bits per heavy atom. The number of likely N-dealkylation sites (tertiary alicyclic amines) is 1. The predicted octanol–water partition coefficient (Wildman–Crippen LogP) is 2.27. The SMILES string of the molecule is CCNC(=NCC1CCN(Cc2nc(C)c(C)o2)CC1)N(C)CC(=O)N(CC)CC. The lowest BCUT2D eigenvalue weighted by Crippen LogP contribution is -2.46. The van der Waals surface area contributed by atoms with Gasteiger partial charge in [-0.05, 0) is 66.5 Å². The second-order valence-corrected chi connectivity index (χ2v) is 8.09. The van der Waals surface area contributed by atoms with Gasteiger partial charge in [-0.3, -0.25) is 14.7 Å². The van der Waals surface area contributed by atoms with E-state index in [9.17, 15) is 4.79 Å². The number of hydrogen-bond donors (Lipinski definition) is 1. The van der Waals surface area contributed by atoms with Crippen LogP contribution in [-0.2, 0) is 11.3 Å². The van der Waals surface area contributed by atoms with E-state index in [0.29, 0.717) is 12.5 Å². The normalized spacial score (nSPS) is 16.0. The standard InChI is InChI=1S/C22H40N6O2/c1-7-23-22(26(6)16-21(29)28(8-2)9-3)24-14-19-10-12-27(13-11-19)15-20-25-17(4)18(5)30-20/h19H,7-16H2,1-6H3,(H,23,24). The molecule has 1 N–H and O–H groups in total. The van der Waals surface area contributed by atoms with E-state index in [2.05, 4.69) is 22.1 Å². The minimum Gasteiger partial charge on any atom is -0.444 e. The van der Waals surface area contributed by atoms with Crippen molar-refractivity contribution in [1.82, 2.24) is 25.0 Å². The molecule has 0 atom stereocenters. The first-order chi connectivity index (χ1) is 14.4. The summed E-state index contributed by atoms with van der Waals surface area (Å²) in [5, 5.41) is 3.33. The molecule has 0 radical (unpaired) electrons. The first kappa shape index (κ1) is 24.2. The van der Waals surface area contributed by atoms with Crippen LogP contribution >= 0.6 is 0 Å². The molecule has 1 amide bonds. The minimum atomic E-state index is 0.137. The fourth-order valence-corrected chi connectivity index (χ4v) is 3.76. The first-order valence-electron chi connectivity index (χ1n) is 11.3. The van der Waals surface area contributed by atoms with Crippen LogP contribution in [0.2, 0.25) is 0 Å². The van der Waals surface area contributed by atoms with E-state index in [4.69, 9.17) is 9.41 Å². The number of likely N-dealkylation sites (N-methyl/N-ethyl adjacent to an activating group) is 2. The lowest BCUT2D eigenvalue weighted by Gasteiger charge is -2.31. The van der Waals surface area contributed by atoms with Crippen molar-refractivity contribution >= 4 is 11.9 Å². The maximum absolute atomic E-state index is 12.4. The van der Waals surface area contributed by atoms with E-state index >= 15 is 0 Å². The van der Waals surface area contributed by atoms with Crippen LogP contribution in [0.25, 0.3) is 0 Å². The van der Waals surface area contributed by atoms with Gasteiger partial charge in [-0.15, -0.1) is 0 Å². The topological polar surface area (TPSA) is 77.2 Å². The summed E-state index contributed by atoms with van der Waals surface area (Å²) in [4.78, 5) is 28.0. The Labute approximate surface area is 181 Å². The smallest absolute Gasteiger partial charge is 0.242 e. The van der Waals surface area contributed by atoms with Gasteiger partial charge >= 0.3 is 0 Å². The number of guanidine groups is 1. The number of nitrogens with one attached hydrogen (secondary N) is 1. The van der Waals surface area contributed by atoms with E-state index in [-0.39, 0.29) is 5.91 Å². The molecule has 0 aliphatic carbocycles. The summed E-state index contributed by atoms with van der Waals surface area (Å²) in [6, 6.07) is 0. The number of aliphatic imine (C=N–C) groups is 1. The zero-order valence-corrected chi connectivity index (χ0v) is 19.7. The number of carbonyl (C=O) groups is 1. The van der Waals surface area contributed by atoms with Gasteiger partial charge in [0.2, 0.25) is 11.8 Å². The third-order valence-corrected chi connectivity index (χ3v) is 5.82. The molecule has 2 rings (SSSR count). The molecule has 1 aromatic heterocycles. The number of piperidine rings is 1. The molecule has 0 bridgehead atoms. The minimum absolute atomic E-state index is 0.137. The monoisotopic (exact) mass is 420 g/mol. The van der Waals surface area contributed by atoms with Crippen molar-refractivity contribution in [2.75, 3.05) is 52.9 Å². The molecule has 0 saturated carbocycles. The fraction of sp³-hybridized carbons (Fsp3) is 0.773. The van der Waals surface area contributed by atoms with Crippen molar-refractivity contribution in [2.45, 2.75) is 54.0 Å². The fourth-order valence-electron chi connectivity index (χ4n) is 3.76. The second kappa shape index (κ2) is 11.9. The van der Waals surface area contributed by atoms with Gasteiger partial charge in [0.15, 0.2) is 5.96 Å². The van der Waals surface area contributed by atoms with Crippen molar-refractivity contribution in [1.29, 1.82) is 0 Å². The molecule has 30 heavy (non-hydrogen) atoms. The Morgan fingerprint density at radius 2 is 1.90 bits per heavy atom. The van der Waals surface area contributed by atoms with Crippen molar-refractivity contribution < 1.29 is 9.21 Å². The van der Waals surface area contributed by atoms with Crippen molar-refractivity contribution in [3.63, 3.8) is 0 Å². The van der Waals surface area contributed by atoms with Gasteiger partial charge in [0.05, 0.1) is 18.8 Å². The average molecular weight is 421 g/mol. The Bertz CT molecular complexity index is 670. The lowest BCUT2D eigenvalue weighted by molar-refractivity contribution is -0.131. The molecule has 1 fully saturated rings.